The third-order valence-corrected chi connectivity index (χ3v) is 3.61. The molecule has 1 saturated carbocycles. The number of aliphatic hydroxyl groups is 1. The fourth-order valence-corrected chi connectivity index (χ4v) is 2.62. The fourth-order valence-electron chi connectivity index (χ4n) is 2.62. The van der Waals surface area contributed by atoms with E-state index < -0.39 is 0 Å². The summed E-state index contributed by atoms with van der Waals surface area (Å²) >= 11 is 0. The molecular formula is C14H18N2O4. The molecule has 0 unspecified atom stereocenters. The molecule has 3 rings (SSSR count). The summed E-state index contributed by atoms with van der Waals surface area (Å²) in [6.07, 6.45) is 2.98. The molecule has 1 fully saturated rings. The number of amides is 2. The number of rotatable bonds is 2. The molecule has 6 heteroatoms. The number of benzene rings is 1. The van der Waals surface area contributed by atoms with Crippen molar-refractivity contribution in [3.05, 3.63) is 18.2 Å². The molecule has 1 aromatic carbocycles. The lowest BCUT2D eigenvalue weighted by Gasteiger charge is -2.26. The van der Waals surface area contributed by atoms with E-state index in [0.29, 0.717) is 23.6 Å². The number of nitrogens with one attached hydrogen (secondary N) is 2. The molecule has 2 amide bonds. The van der Waals surface area contributed by atoms with Crippen LogP contribution in [0.1, 0.15) is 25.7 Å². The number of urea groups is 1. The number of carbonyl (C=O) groups excluding carboxylic acids is 1. The molecule has 0 radical (unpaired) electrons. The van der Waals surface area contributed by atoms with Crippen LogP contribution in [0.25, 0.3) is 0 Å². The van der Waals surface area contributed by atoms with Gasteiger partial charge in [0.05, 0.1) is 6.10 Å². The molecule has 0 bridgehead atoms. The Labute approximate surface area is 117 Å². The Morgan fingerprint density at radius 1 is 1.25 bits per heavy atom. The molecule has 1 aliphatic heterocycles. The van der Waals surface area contributed by atoms with Crippen molar-refractivity contribution in [2.45, 2.75) is 37.8 Å². The number of carbonyl (C=O) groups is 1. The van der Waals surface area contributed by atoms with Crippen LogP contribution in [0.2, 0.25) is 0 Å². The molecule has 1 heterocycles. The lowest BCUT2D eigenvalue weighted by atomic mass is 9.93. The van der Waals surface area contributed by atoms with Gasteiger partial charge < -0.3 is 25.2 Å². The molecule has 108 valence electrons. The van der Waals surface area contributed by atoms with Crippen LogP contribution in [0.3, 0.4) is 0 Å². The maximum atomic E-state index is 11.9. The molecule has 2 aliphatic rings. The van der Waals surface area contributed by atoms with Crippen LogP contribution < -0.4 is 20.1 Å². The zero-order valence-electron chi connectivity index (χ0n) is 11.1. The normalized spacial score (nSPS) is 24.2. The van der Waals surface area contributed by atoms with E-state index in [1.165, 1.54) is 0 Å². The van der Waals surface area contributed by atoms with Gasteiger partial charge in [-0.1, -0.05) is 0 Å². The number of hydrogen-bond donors (Lipinski definition) is 3. The summed E-state index contributed by atoms with van der Waals surface area (Å²) < 4.78 is 10.5. The first-order valence-corrected chi connectivity index (χ1v) is 6.86. The van der Waals surface area contributed by atoms with Gasteiger partial charge in [-0.3, -0.25) is 0 Å². The average molecular weight is 278 g/mol. The second-order valence-electron chi connectivity index (χ2n) is 5.18. The van der Waals surface area contributed by atoms with Gasteiger partial charge in [-0.05, 0) is 37.8 Å². The second kappa shape index (κ2) is 5.58. The highest BCUT2D eigenvalue weighted by Crippen LogP contribution is 2.34. The Kier molecular flexibility index (Phi) is 3.64. The van der Waals surface area contributed by atoms with Gasteiger partial charge in [0, 0.05) is 17.8 Å². The van der Waals surface area contributed by atoms with E-state index in [9.17, 15) is 9.90 Å². The second-order valence-corrected chi connectivity index (χ2v) is 5.18. The summed E-state index contributed by atoms with van der Waals surface area (Å²) in [7, 11) is 0. The van der Waals surface area contributed by atoms with Gasteiger partial charge in [-0.15, -0.1) is 0 Å². The van der Waals surface area contributed by atoms with E-state index in [2.05, 4.69) is 10.6 Å². The van der Waals surface area contributed by atoms with E-state index in [0.717, 1.165) is 19.3 Å². The minimum atomic E-state index is -0.306. The predicted octanol–water partition coefficient (Wildman–Crippen LogP) is 1.84. The Balaban J connectivity index is 1.56. The molecule has 1 aliphatic carbocycles. The first-order chi connectivity index (χ1) is 9.70. The van der Waals surface area contributed by atoms with E-state index in [4.69, 9.17) is 9.47 Å². The average Bonchev–Trinajstić information content (AvgIpc) is 2.86. The number of aliphatic hydroxyl groups excluding tert-OH is 1. The van der Waals surface area contributed by atoms with Crippen molar-refractivity contribution in [1.82, 2.24) is 5.32 Å². The highest BCUT2D eigenvalue weighted by Gasteiger charge is 2.22. The van der Waals surface area contributed by atoms with E-state index in [1.54, 1.807) is 18.2 Å². The molecule has 3 N–H and O–H groups in total. The standard InChI is InChI=1S/C14H18N2O4/c17-11-3-1-2-9(6-11)15-14(18)16-10-4-5-12-13(7-10)20-8-19-12/h4-5,7,9,11,17H,1-3,6,8H2,(H2,15,16,18)/t9-,11+/m0/s1. The lowest BCUT2D eigenvalue weighted by Crippen LogP contribution is -2.41. The van der Waals surface area contributed by atoms with Gasteiger partial charge >= 0.3 is 6.03 Å². The van der Waals surface area contributed by atoms with Crippen LogP contribution >= 0.6 is 0 Å². The molecule has 2 atom stereocenters. The SMILES string of the molecule is O=C(Nc1ccc2c(c1)OCO2)N[C@H]1CCC[C@@H](O)C1. The van der Waals surface area contributed by atoms with Crippen LogP contribution in [-0.2, 0) is 0 Å². The number of anilines is 1. The smallest absolute Gasteiger partial charge is 0.319 e. The van der Waals surface area contributed by atoms with Gasteiger partial charge in [0.2, 0.25) is 6.79 Å². The van der Waals surface area contributed by atoms with Crippen molar-refractivity contribution in [2.75, 3.05) is 12.1 Å². The monoisotopic (exact) mass is 278 g/mol. The fraction of sp³-hybridized carbons (Fsp3) is 0.500. The summed E-state index contributed by atoms with van der Waals surface area (Å²) in [5.41, 5.74) is 0.656. The highest BCUT2D eigenvalue weighted by molar-refractivity contribution is 5.89. The first kappa shape index (κ1) is 13.1. The predicted molar refractivity (Wildman–Crippen MR) is 73.0 cm³/mol. The largest absolute Gasteiger partial charge is 0.454 e. The third-order valence-electron chi connectivity index (χ3n) is 3.61. The lowest BCUT2D eigenvalue weighted by molar-refractivity contribution is 0.114. The van der Waals surface area contributed by atoms with Gasteiger partial charge in [0.15, 0.2) is 11.5 Å². The van der Waals surface area contributed by atoms with E-state index in [1.807, 2.05) is 0 Å². The van der Waals surface area contributed by atoms with E-state index in [-0.39, 0.29) is 25.0 Å². The topological polar surface area (TPSA) is 79.8 Å². The van der Waals surface area contributed by atoms with Crippen LogP contribution in [-0.4, -0.2) is 30.1 Å². The van der Waals surface area contributed by atoms with Crippen molar-refractivity contribution < 1.29 is 19.4 Å². The highest BCUT2D eigenvalue weighted by atomic mass is 16.7. The molecule has 20 heavy (non-hydrogen) atoms. The maximum Gasteiger partial charge on any atom is 0.319 e. The van der Waals surface area contributed by atoms with Crippen molar-refractivity contribution in [2.24, 2.45) is 0 Å². The van der Waals surface area contributed by atoms with Gasteiger partial charge in [0.1, 0.15) is 0 Å². The van der Waals surface area contributed by atoms with Crippen molar-refractivity contribution in [1.29, 1.82) is 0 Å². The number of ether oxygens (including phenoxy) is 2. The van der Waals surface area contributed by atoms with Crippen LogP contribution in [0.15, 0.2) is 18.2 Å². The zero-order chi connectivity index (χ0) is 13.9. The van der Waals surface area contributed by atoms with Crippen molar-refractivity contribution >= 4 is 11.7 Å². The molecular weight excluding hydrogens is 260 g/mol. The van der Waals surface area contributed by atoms with E-state index >= 15 is 0 Å². The summed E-state index contributed by atoms with van der Waals surface area (Å²) in [6, 6.07) is 5.04. The summed E-state index contributed by atoms with van der Waals surface area (Å²) in [5, 5.41) is 15.2. The Bertz CT molecular complexity index is 506. The van der Waals surface area contributed by atoms with Crippen LogP contribution in [0.4, 0.5) is 10.5 Å². The maximum absolute atomic E-state index is 11.9. The molecule has 1 aromatic rings. The molecule has 0 saturated heterocycles. The zero-order valence-corrected chi connectivity index (χ0v) is 11.1. The molecule has 0 aromatic heterocycles. The third kappa shape index (κ3) is 2.96. The summed E-state index contributed by atoms with van der Waals surface area (Å²) in [6.45, 7) is 0.213. The Morgan fingerprint density at radius 2 is 2.10 bits per heavy atom. The molecule has 0 spiro atoms. The summed E-state index contributed by atoms with van der Waals surface area (Å²) in [5.74, 6) is 1.32. The van der Waals surface area contributed by atoms with Crippen LogP contribution in [0, 0.1) is 0 Å². The van der Waals surface area contributed by atoms with Crippen LogP contribution in [0.5, 0.6) is 11.5 Å². The Hall–Kier alpha value is -1.95. The minimum absolute atomic E-state index is 0.0350. The molecule has 6 nitrogen and oxygen atoms in total. The van der Waals surface area contributed by atoms with Gasteiger partial charge in [0.25, 0.3) is 0 Å². The van der Waals surface area contributed by atoms with Crippen molar-refractivity contribution in [3.63, 3.8) is 0 Å². The first-order valence-electron chi connectivity index (χ1n) is 6.86. The van der Waals surface area contributed by atoms with Gasteiger partial charge in [-0.2, -0.15) is 0 Å². The van der Waals surface area contributed by atoms with Gasteiger partial charge in [-0.25, -0.2) is 4.79 Å². The Morgan fingerprint density at radius 3 is 2.95 bits per heavy atom. The number of fused-ring (bicyclic) bond motifs is 1. The minimum Gasteiger partial charge on any atom is -0.454 e. The van der Waals surface area contributed by atoms with Crippen molar-refractivity contribution in [3.8, 4) is 11.5 Å². The quantitative estimate of drug-likeness (QED) is 0.771. The number of hydrogen-bond acceptors (Lipinski definition) is 4. The summed E-state index contributed by atoms with van der Waals surface area (Å²) in [4.78, 5) is 11.9.